The van der Waals surface area contributed by atoms with E-state index in [1.54, 1.807) is 31.2 Å². The van der Waals surface area contributed by atoms with Crippen LogP contribution < -0.4 is 16.6 Å². The molecule has 2 aromatic rings. The van der Waals surface area contributed by atoms with Crippen molar-refractivity contribution in [3.63, 3.8) is 0 Å². The molecule has 0 aliphatic rings. The van der Waals surface area contributed by atoms with Crippen LogP contribution >= 0.6 is 0 Å². The minimum absolute atomic E-state index is 0.0713. The normalized spacial score (nSPS) is 11.3. The van der Waals surface area contributed by atoms with E-state index in [-0.39, 0.29) is 11.5 Å². The van der Waals surface area contributed by atoms with Gasteiger partial charge in [-0.05, 0) is 30.7 Å². The van der Waals surface area contributed by atoms with Gasteiger partial charge in [-0.2, -0.15) is 0 Å². The summed E-state index contributed by atoms with van der Waals surface area (Å²) in [6, 6.07) is 6.67. The van der Waals surface area contributed by atoms with Crippen LogP contribution in [0.4, 0.5) is 11.4 Å². The Labute approximate surface area is 130 Å². The summed E-state index contributed by atoms with van der Waals surface area (Å²) in [6.45, 7) is 3.18. The predicted octanol–water partition coefficient (Wildman–Crippen LogP) is 1.26. The van der Waals surface area contributed by atoms with Gasteiger partial charge in [0.2, 0.25) is 11.8 Å². The third-order valence-electron chi connectivity index (χ3n) is 3.00. The number of benzene rings is 1. The SMILES string of the molecule is CCC(=Nc1ccc(NC(C)=O)cc1)c1c(O)[nH]c(=O)[nH]c1=O. The second kappa shape index (κ2) is 6.73. The lowest BCUT2D eigenvalue weighted by Crippen LogP contribution is -2.27. The molecular formula is C15H16N4O4. The fourth-order valence-electron chi connectivity index (χ4n) is 2.03. The number of amides is 1. The van der Waals surface area contributed by atoms with Crippen LogP contribution in [0.15, 0.2) is 38.8 Å². The van der Waals surface area contributed by atoms with Crippen LogP contribution in [0.1, 0.15) is 25.8 Å². The van der Waals surface area contributed by atoms with E-state index in [1.165, 1.54) is 6.92 Å². The molecule has 4 N–H and O–H groups in total. The van der Waals surface area contributed by atoms with Crippen LogP contribution in [0.5, 0.6) is 5.88 Å². The summed E-state index contributed by atoms with van der Waals surface area (Å²) >= 11 is 0. The number of carbonyl (C=O) groups excluding carboxylic acids is 1. The number of nitrogens with one attached hydrogen (secondary N) is 3. The number of H-pyrrole nitrogens is 2. The lowest BCUT2D eigenvalue weighted by Gasteiger charge is -2.06. The first-order chi connectivity index (χ1) is 10.9. The Morgan fingerprint density at radius 3 is 2.39 bits per heavy atom. The Balaban J connectivity index is 2.41. The Hall–Kier alpha value is -3.16. The molecule has 0 aliphatic heterocycles. The summed E-state index contributed by atoms with van der Waals surface area (Å²) < 4.78 is 0. The molecule has 0 aliphatic carbocycles. The van der Waals surface area contributed by atoms with Crippen LogP contribution in [0.2, 0.25) is 0 Å². The number of aromatic nitrogens is 2. The second-order valence-electron chi connectivity index (χ2n) is 4.77. The number of rotatable bonds is 4. The van der Waals surface area contributed by atoms with Crippen molar-refractivity contribution in [3.05, 3.63) is 50.7 Å². The molecule has 0 bridgehead atoms. The monoisotopic (exact) mass is 316 g/mol. The number of aromatic amines is 2. The molecule has 1 aromatic heterocycles. The molecular weight excluding hydrogens is 300 g/mol. The van der Waals surface area contributed by atoms with E-state index in [1.807, 2.05) is 0 Å². The molecule has 0 spiro atoms. The maximum atomic E-state index is 11.9. The van der Waals surface area contributed by atoms with Crippen molar-refractivity contribution in [1.82, 2.24) is 9.97 Å². The number of nitrogens with zero attached hydrogens (tertiary/aromatic N) is 1. The number of hydrogen-bond acceptors (Lipinski definition) is 5. The van der Waals surface area contributed by atoms with Crippen molar-refractivity contribution in [2.75, 3.05) is 5.32 Å². The van der Waals surface area contributed by atoms with E-state index in [4.69, 9.17) is 0 Å². The summed E-state index contributed by atoms with van der Waals surface area (Å²) in [5, 5.41) is 12.4. The molecule has 8 nitrogen and oxygen atoms in total. The highest BCUT2D eigenvalue weighted by Gasteiger charge is 2.14. The van der Waals surface area contributed by atoms with Crippen molar-refractivity contribution >= 4 is 23.0 Å². The van der Waals surface area contributed by atoms with Crippen molar-refractivity contribution in [2.45, 2.75) is 20.3 Å². The van der Waals surface area contributed by atoms with Crippen LogP contribution in [0.25, 0.3) is 0 Å². The van der Waals surface area contributed by atoms with Crippen LogP contribution in [0, 0.1) is 0 Å². The number of aromatic hydroxyl groups is 1. The van der Waals surface area contributed by atoms with Gasteiger partial charge in [-0.1, -0.05) is 6.92 Å². The first kappa shape index (κ1) is 16.2. The Morgan fingerprint density at radius 2 is 1.87 bits per heavy atom. The number of hydrogen-bond donors (Lipinski definition) is 4. The third-order valence-corrected chi connectivity index (χ3v) is 3.00. The fraction of sp³-hybridized carbons (Fsp3) is 0.200. The van der Waals surface area contributed by atoms with Crippen molar-refractivity contribution in [1.29, 1.82) is 0 Å². The van der Waals surface area contributed by atoms with Crippen LogP contribution in [-0.2, 0) is 4.79 Å². The van der Waals surface area contributed by atoms with E-state index in [0.29, 0.717) is 23.5 Å². The lowest BCUT2D eigenvalue weighted by atomic mass is 10.1. The Bertz CT molecular complexity index is 862. The van der Waals surface area contributed by atoms with Gasteiger partial charge in [0.15, 0.2) is 0 Å². The van der Waals surface area contributed by atoms with Crippen LogP contribution in [0.3, 0.4) is 0 Å². The van der Waals surface area contributed by atoms with Gasteiger partial charge in [-0.3, -0.25) is 24.5 Å². The van der Waals surface area contributed by atoms with E-state index < -0.39 is 17.1 Å². The Morgan fingerprint density at radius 1 is 1.22 bits per heavy atom. The number of aliphatic imine (C=N–C) groups is 1. The number of carbonyl (C=O) groups is 1. The molecule has 2 rings (SSSR count). The lowest BCUT2D eigenvalue weighted by molar-refractivity contribution is -0.114. The molecule has 0 unspecified atom stereocenters. The van der Waals surface area contributed by atoms with Gasteiger partial charge < -0.3 is 10.4 Å². The topological polar surface area (TPSA) is 127 Å². The summed E-state index contributed by atoms with van der Waals surface area (Å²) in [6.07, 6.45) is 0.371. The zero-order valence-electron chi connectivity index (χ0n) is 12.6. The molecule has 1 aromatic carbocycles. The minimum Gasteiger partial charge on any atom is -0.494 e. The largest absolute Gasteiger partial charge is 0.494 e. The van der Waals surface area contributed by atoms with Gasteiger partial charge in [0, 0.05) is 12.6 Å². The second-order valence-corrected chi connectivity index (χ2v) is 4.77. The molecule has 120 valence electrons. The molecule has 1 amide bonds. The van der Waals surface area contributed by atoms with Crippen LogP contribution in [-0.4, -0.2) is 26.7 Å². The highest BCUT2D eigenvalue weighted by atomic mass is 16.3. The van der Waals surface area contributed by atoms with Gasteiger partial charge in [0.25, 0.3) is 5.56 Å². The molecule has 0 saturated heterocycles. The van der Waals surface area contributed by atoms with E-state index in [2.05, 4.69) is 20.3 Å². The maximum Gasteiger partial charge on any atom is 0.328 e. The fourth-order valence-corrected chi connectivity index (χ4v) is 2.03. The summed E-state index contributed by atoms with van der Waals surface area (Å²) in [7, 11) is 0. The van der Waals surface area contributed by atoms with Gasteiger partial charge in [0.05, 0.1) is 11.4 Å². The van der Waals surface area contributed by atoms with E-state index >= 15 is 0 Å². The zero-order chi connectivity index (χ0) is 17.0. The Kier molecular flexibility index (Phi) is 4.75. The van der Waals surface area contributed by atoms with Gasteiger partial charge in [-0.25, -0.2) is 4.79 Å². The standard InChI is InChI=1S/C15H16N4O4/c1-3-11(12-13(21)18-15(23)19-14(12)22)17-10-6-4-9(5-7-10)16-8(2)20/h4-7H,3H2,1-2H3,(H,16,20)(H3,18,19,21,22,23). The highest BCUT2D eigenvalue weighted by Crippen LogP contribution is 2.19. The van der Waals surface area contributed by atoms with Gasteiger partial charge in [-0.15, -0.1) is 0 Å². The smallest absolute Gasteiger partial charge is 0.328 e. The molecule has 0 atom stereocenters. The van der Waals surface area contributed by atoms with Crippen molar-refractivity contribution in [2.24, 2.45) is 4.99 Å². The minimum atomic E-state index is -0.786. The van der Waals surface area contributed by atoms with Crippen molar-refractivity contribution < 1.29 is 9.90 Å². The number of anilines is 1. The molecule has 0 fully saturated rings. The summed E-state index contributed by atoms with van der Waals surface area (Å²) in [4.78, 5) is 42.5. The quantitative estimate of drug-likeness (QED) is 0.633. The van der Waals surface area contributed by atoms with Gasteiger partial charge >= 0.3 is 5.69 Å². The van der Waals surface area contributed by atoms with Gasteiger partial charge in [0.1, 0.15) is 5.56 Å². The van der Waals surface area contributed by atoms with E-state index in [9.17, 15) is 19.5 Å². The predicted molar refractivity (Wildman–Crippen MR) is 86.6 cm³/mol. The third kappa shape index (κ3) is 3.94. The molecule has 0 saturated carbocycles. The van der Waals surface area contributed by atoms with E-state index in [0.717, 1.165) is 0 Å². The zero-order valence-corrected chi connectivity index (χ0v) is 12.6. The first-order valence-electron chi connectivity index (χ1n) is 6.92. The average molecular weight is 316 g/mol. The van der Waals surface area contributed by atoms with Crippen molar-refractivity contribution in [3.8, 4) is 5.88 Å². The molecule has 8 heteroatoms. The molecule has 0 radical (unpaired) electrons. The first-order valence-corrected chi connectivity index (χ1v) is 6.92. The summed E-state index contributed by atoms with van der Waals surface area (Å²) in [5.74, 6) is -0.700. The highest BCUT2D eigenvalue weighted by molar-refractivity contribution is 6.03. The molecule has 23 heavy (non-hydrogen) atoms. The maximum absolute atomic E-state index is 11.9. The average Bonchev–Trinajstić information content (AvgIpc) is 2.46. The summed E-state index contributed by atoms with van der Waals surface area (Å²) in [5.41, 5.74) is -0.0708. The molecule has 1 heterocycles.